The molecule has 0 saturated heterocycles. The second kappa shape index (κ2) is 4.11. The first-order valence-electron chi connectivity index (χ1n) is 4.52. The van der Waals surface area contributed by atoms with Gasteiger partial charge >= 0.3 is 0 Å². The van der Waals surface area contributed by atoms with Gasteiger partial charge in [0.25, 0.3) is 0 Å². The first-order valence-corrected chi connectivity index (χ1v) is 5.75. The summed E-state index contributed by atoms with van der Waals surface area (Å²) in [7, 11) is 0. The first-order chi connectivity index (χ1) is 6.86. The molecule has 0 fully saturated rings. The largest absolute Gasteiger partial charge is 0.486 e. The molecule has 2 rings (SSSR count). The molecule has 0 bridgehead atoms. The Labute approximate surface area is 87.6 Å². The molecule has 1 aromatic rings. The number of hydrogen-bond donors (Lipinski definition) is 1. The summed E-state index contributed by atoms with van der Waals surface area (Å²) in [6.07, 6.45) is 2.02. The zero-order valence-corrected chi connectivity index (χ0v) is 8.89. The van der Waals surface area contributed by atoms with Crippen molar-refractivity contribution in [3.05, 3.63) is 17.7 Å². The van der Waals surface area contributed by atoms with Gasteiger partial charge in [0.05, 0.1) is 4.90 Å². The van der Waals surface area contributed by atoms with Gasteiger partial charge in [-0.2, -0.15) is 0 Å². The minimum atomic E-state index is 0.535. The second-order valence-corrected chi connectivity index (χ2v) is 3.80. The zero-order valence-electron chi connectivity index (χ0n) is 8.08. The maximum absolute atomic E-state index is 5.65. The Balaban J connectivity index is 2.50. The van der Waals surface area contributed by atoms with Gasteiger partial charge in [-0.05, 0) is 17.9 Å². The van der Waals surface area contributed by atoms with E-state index in [2.05, 4.69) is 0 Å². The van der Waals surface area contributed by atoms with Crippen LogP contribution in [0.4, 0.5) is 0 Å². The molecular weight excluding hydrogens is 198 g/mol. The van der Waals surface area contributed by atoms with Crippen molar-refractivity contribution in [3.8, 4) is 11.5 Å². The Hall–Kier alpha value is -0.870. The molecule has 76 valence electrons. The smallest absolute Gasteiger partial charge is 0.175 e. The molecule has 4 heteroatoms. The molecule has 2 N–H and O–H groups in total. The van der Waals surface area contributed by atoms with Gasteiger partial charge in [0.2, 0.25) is 0 Å². The number of ether oxygens (including phenoxy) is 2. The van der Waals surface area contributed by atoms with Gasteiger partial charge < -0.3 is 15.2 Å². The van der Waals surface area contributed by atoms with Gasteiger partial charge in [-0.15, -0.1) is 11.8 Å². The van der Waals surface area contributed by atoms with Crippen molar-refractivity contribution in [1.82, 2.24) is 0 Å². The van der Waals surface area contributed by atoms with E-state index < -0.39 is 0 Å². The fourth-order valence-corrected chi connectivity index (χ4v) is 2.27. The van der Waals surface area contributed by atoms with Crippen molar-refractivity contribution in [2.75, 3.05) is 19.5 Å². The van der Waals surface area contributed by atoms with Gasteiger partial charge in [-0.25, -0.2) is 0 Å². The predicted octanol–water partition coefficient (Wildman–Crippen LogP) is 1.64. The molecule has 0 aliphatic carbocycles. The van der Waals surface area contributed by atoms with Crippen molar-refractivity contribution in [2.45, 2.75) is 11.4 Å². The molecule has 0 saturated carbocycles. The topological polar surface area (TPSA) is 44.5 Å². The van der Waals surface area contributed by atoms with E-state index in [1.807, 2.05) is 18.4 Å². The molecular formula is C10H13NO2S. The van der Waals surface area contributed by atoms with Crippen molar-refractivity contribution < 1.29 is 9.47 Å². The van der Waals surface area contributed by atoms with Crippen LogP contribution >= 0.6 is 11.8 Å². The van der Waals surface area contributed by atoms with E-state index in [1.165, 1.54) is 0 Å². The summed E-state index contributed by atoms with van der Waals surface area (Å²) in [5, 5.41) is 0. The number of hydrogen-bond acceptors (Lipinski definition) is 4. The number of benzene rings is 1. The quantitative estimate of drug-likeness (QED) is 0.755. The Morgan fingerprint density at radius 1 is 1.36 bits per heavy atom. The third-order valence-electron chi connectivity index (χ3n) is 2.17. The Kier molecular flexibility index (Phi) is 2.84. The SMILES string of the molecule is CSc1c(CN)ccc2c1OCCO2. The number of thioether (sulfide) groups is 1. The number of nitrogens with two attached hydrogens (primary N) is 1. The lowest BCUT2D eigenvalue weighted by Gasteiger charge is -2.21. The molecule has 3 nitrogen and oxygen atoms in total. The highest BCUT2D eigenvalue weighted by atomic mass is 32.2. The average molecular weight is 211 g/mol. The van der Waals surface area contributed by atoms with Crippen molar-refractivity contribution in [2.24, 2.45) is 5.73 Å². The summed E-state index contributed by atoms with van der Waals surface area (Å²) < 4.78 is 11.1. The fraction of sp³-hybridized carbons (Fsp3) is 0.400. The van der Waals surface area contributed by atoms with Crippen LogP contribution in [0.1, 0.15) is 5.56 Å². The molecule has 14 heavy (non-hydrogen) atoms. The highest BCUT2D eigenvalue weighted by Gasteiger charge is 2.17. The molecule has 0 atom stereocenters. The van der Waals surface area contributed by atoms with Crippen molar-refractivity contribution in [3.63, 3.8) is 0 Å². The van der Waals surface area contributed by atoms with Crippen LogP contribution in [0.5, 0.6) is 11.5 Å². The minimum absolute atomic E-state index is 0.535. The Bertz CT molecular complexity index is 326. The van der Waals surface area contributed by atoms with E-state index in [-0.39, 0.29) is 0 Å². The molecule has 1 heterocycles. The standard InChI is InChI=1S/C10H13NO2S/c1-14-10-7(6-11)2-3-8-9(10)13-5-4-12-8/h2-3H,4-6,11H2,1H3. The molecule has 0 unspecified atom stereocenters. The zero-order chi connectivity index (χ0) is 9.97. The monoisotopic (exact) mass is 211 g/mol. The Morgan fingerprint density at radius 3 is 2.86 bits per heavy atom. The predicted molar refractivity (Wildman–Crippen MR) is 57.1 cm³/mol. The van der Waals surface area contributed by atoms with E-state index in [0.29, 0.717) is 19.8 Å². The molecule has 0 radical (unpaired) electrons. The second-order valence-electron chi connectivity index (χ2n) is 2.99. The average Bonchev–Trinajstić information content (AvgIpc) is 2.27. The van der Waals surface area contributed by atoms with Crippen LogP contribution in [0, 0.1) is 0 Å². The van der Waals surface area contributed by atoms with Crippen LogP contribution in [0.25, 0.3) is 0 Å². The molecule has 1 aliphatic rings. The molecule has 1 aliphatic heterocycles. The summed E-state index contributed by atoms with van der Waals surface area (Å²) in [5.74, 6) is 1.68. The van der Waals surface area contributed by atoms with Crippen LogP contribution in [0.2, 0.25) is 0 Å². The maximum Gasteiger partial charge on any atom is 0.175 e. The molecule has 0 amide bonds. The normalized spacial score (nSPS) is 14.1. The van der Waals surface area contributed by atoms with Crippen molar-refractivity contribution >= 4 is 11.8 Å². The van der Waals surface area contributed by atoms with Crippen LogP contribution in [-0.4, -0.2) is 19.5 Å². The van der Waals surface area contributed by atoms with Crippen LogP contribution < -0.4 is 15.2 Å². The third-order valence-corrected chi connectivity index (χ3v) is 3.02. The van der Waals surface area contributed by atoms with Gasteiger partial charge in [-0.1, -0.05) is 6.07 Å². The lowest BCUT2D eigenvalue weighted by atomic mass is 10.2. The summed E-state index contributed by atoms with van der Waals surface area (Å²) in [6, 6.07) is 3.93. The first kappa shape index (κ1) is 9.68. The Morgan fingerprint density at radius 2 is 2.14 bits per heavy atom. The lowest BCUT2D eigenvalue weighted by molar-refractivity contribution is 0.167. The summed E-state index contributed by atoms with van der Waals surface area (Å²) in [5.41, 5.74) is 6.76. The van der Waals surface area contributed by atoms with Crippen LogP contribution in [0.3, 0.4) is 0 Å². The highest BCUT2D eigenvalue weighted by Crippen LogP contribution is 2.40. The highest BCUT2D eigenvalue weighted by molar-refractivity contribution is 7.98. The van der Waals surface area contributed by atoms with Gasteiger partial charge in [0.15, 0.2) is 11.5 Å². The summed E-state index contributed by atoms with van der Waals surface area (Å²) in [6.45, 7) is 1.78. The van der Waals surface area contributed by atoms with E-state index in [9.17, 15) is 0 Å². The summed E-state index contributed by atoms with van der Waals surface area (Å²) >= 11 is 1.65. The fourth-order valence-electron chi connectivity index (χ4n) is 1.52. The minimum Gasteiger partial charge on any atom is -0.486 e. The van der Waals surface area contributed by atoms with Crippen molar-refractivity contribution in [1.29, 1.82) is 0 Å². The molecule has 0 aromatic heterocycles. The number of fused-ring (bicyclic) bond motifs is 1. The number of rotatable bonds is 2. The third kappa shape index (κ3) is 1.55. The van der Waals surface area contributed by atoms with Crippen LogP contribution in [-0.2, 0) is 6.54 Å². The van der Waals surface area contributed by atoms with Gasteiger partial charge in [0, 0.05) is 6.54 Å². The van der Waals surface area contributed by atoms with E-state index in [0.717, 1.165) is 22.0 Å². The van der Waals surface area contributed by atoms with Gasteiger partial charge in [0.1, 0.15) is 13.2 Å². The maximum atomic E-state index is 5.65. The van der Waals surface area contributed by atoms with Gasteiger partial charge in [-0.3, -0.25) is 0 Å². The van der Waals surface area contributed by atoms with E-state index >= 15 is 0 Å². The van der Waals surface area contributed by atoms with E-state index in [1.54, 1.807) is 11.8 Å². The molecule has 0 spiro atoms. The summed E-state index contributed by atoms with van der Waals surface area (Å²) in [4.78, 5) is 1.10. The van der Waals surface area contributed by atoms with Crippen LogP contribution in [0.15, 0.2) is 17.0 Å². The lowest BCUT2D eigenvalue weighted by Crippen LogP contribution is -2.16. The molecule has 1 aromatic carbocycles. The van der Waals surface area contributed by atoms with E-state index in [4.69, 9.17) is 15.2 Å².